The predicted octanol–water partition coefficient (Wildman–Crippen LogP) is 8.39. The third-order valence-electron chi connectivity index (χ3n) is 15.3. The van der Waals surface area contributed by atoms with Gasteiger partial charge < -0.3 is 48.1 Å². The number of hydrogen-bond donors (Lipinski definition) is 2. The van der Waals surface area contributed by atoms with Gasteiger partial charge in [0.05, 0.1) is 60.4 Å². The monoisotopic (exact) mass is 905 g/mol. The molecule has 5 aliphatic heterocycles. The van der Waals surface area contributed by atoms with Crippen LogP contribution in [-0.2, 0) is 47.5 Å². The molecule has 0 aliphatic carbocycles. The molecule has 4 fully saturated rings. The maximum atomic E-state index is 14.7. The molecule has 0 aromatic rings. The quantitative estimate of drug-likeness (QED) is 0.119. The molecule has 63 heavy (non-hydrogen) atoms. The van der Waals surface area contributed by atoms with Gasteiger partial charge in [-0.05, 0) is 103 Å². The number of carbonyl (C=O) groups excluding carboxylic acids is 3. The zero-order chi connectivity index (χ0) is 46.9. The average Bonchev–Trinajstić information content (AvgIpc) is 3.57. The van der Waals surface area contributed by atoms with Gasteiger partial charge in [-0.2, -0.15) is 13.2 Å². The van der Waals surface area contributed by atoms with Crippen molar-refractivity contribution >= 4 is 17.9 Å². The summed E-state index contributed by atoms with van der Waals surface area (Å²) in [6.45, 7) is 19.0. The topological polar surface area (TPSA) is 166 Å². The van der Waals surface area contributed by atoms with Crippen LogP contribution >= 0.6 is 0 Å². The number of ether oxygens (including phenoxy) is 8. The van der Waals surface area contributed by atoms with E-state index >= 15 is 0 Å². The van der Waals surface area contributed by atoms with Gasteiger partial charge in [-0.15, -0.1) is 0 Å². The summed E-state index contributed by atoms with van der Waals surface area (Å²) in [5, 5.41) is 23.0. The summed E-state index contributed by atoms with van der Waals surface area (Å²) in [4.78, 5) is 40.2. The smallest absolute Gasteiger partial charge is 0.456 e. The van der Waals surface area contributed by atoms with E-state index < -0.39 is 108 Å². The van der Waals surface area contributed by atoms with Crippen LogP contribution in [0.5, 0.6) is 0 Å². The molecule has 2 spiro atoms. The highest BCUT2D eigenvalue weighted by molar-refractivity contribution is 5.84. The van der Waals surface area contributed by atoms with Crippen molar-refractivity contribution < 1.29 is 75.7 Å². The molecule has 13 nitrogen and oxygen atoms in total. The van der Waals surface area contributed by atoms with Gasteiger partial charge in [0.1, 0.15) is 5.78 Å². The van der Waals surface area contributed by atoms with E-state index in [2.05, 4.69) is 4.74 Å². The Bertz CT molecular complexity index is 1610. The van der Waals surface area contributed by atoms with Gasteiger partial charge in [0.15, 0.2) is 18.5 Å². The molecular formula is C47H75F3O13. The predicted molar refractivity (Wildman–Crippen MR) is 224 cm³/mol. The molecule has 2 N–H and O–H groups in total. The minimum absolute atomic E-state index is 0.0616. The fourth-order valence-corrected chi connectivity index (χ4v) is 11.1. The highest BCUT2D eigenvalue weighted by Gasteiger charge is 2.64. The van der Waals surface area contributed by atoms with Crippen LogP contribution in [0.2, 0.25) is 0 Å². The van der Waals surface area contributed by atoms with Crippen molar-refractivity contribution in [1.29, 1.82) is 0 Å². The van der Waals surface area contributed by atoms with E-state index in [9.17, 15) is 37.8 Å². The molecule has 0 aromatic carbocycles. The minimum Gasteiger partial charge on any atom is -0.456 e. The number of ketones is 1. The summed E-state index contributed by atoms with van der Waals surface area (Å²) in [5.41, 5.74) is -1.83. The van der Waals surface area contributed by atoms with Crippen molar-refractivity contribution in [2.75, 3.05) is 13.2 Å². The maximum absolute atomic E-state index is 14.7. The molecule has 0 unspecified atom stereocenters. The van der Waals surface area contributed by atoms with E-state index in [-0.39, 0.29) is 42.7 Å². The van der Waals surface area contributed by atoms with Crippen LogP contribution in [0.3, 0.4) is 0 Å². The zero-order valence-electron chi connectivity index (χ0n) is 39.2. The van der Waals surface area contributed by atoms with E-state index in [1.807, 2.05) is 48.5 Å². The lowest BCUT2D eigenvalue weighted by Gasteiger charge is -2.54. The third kappa shape index (κ3) is 10.9. The average molecular weight is 905 g/mol. The van der Waals surface area contributed by atoms with Crippen molar-refractivity contribution in [2.45, 2.75) is 212 Å². The molecule has 18 atom stereocenters. The second-order valence-electron chi connectivity index (χ2n) is 19.6. The van der Waals surface area contributed by atoms with Crippen molar-refractivity contribution in [1.82, 2.24) is 0 Å². The number of hydrogen-bond acceptors (Lipinski definition) is 13. The first-order valence-corrected chi connectivity index (χ1v) is 23.5. The van der Waals surface area contributed by atoms with Crippen LogP contribution in [0.25, 0.3) is 0 Å². The fraction of sp³-hybridized carbons (Fsp3) is 0.894. The Hall–Kier alpha value is -2.34. The Labute approximate surface area is 371 Å². The lowest BCUT2D eigenvalue weighted by molar-refractivity contribution is -0.408. The van der Waals surface area contributed by atoms with Gasteiger partial charge in [0.2, 0.25) is 5.79 Å². The molecule has 0 aromatic heterocycles. The highest BCUT2D eigenvalue weighted by Crippen LogP contribution is 2.54. The number of aliphatic hydroxyl groups excluding tert-OH is 1. The molecule has 5 aliphatic rings. The van der Waals surface area contributed by atoms with Gasteiger partial charge >= 0.3 is 18.3 Å². The summed E-state index contributed by atoms with van der Waals surface area (Å²) in [6, 6.07) is 0. The molecular weight excluding hydrogens is 829 g/mol. The fourth-order valence-electron chi connectivity index (χ4n) is 11.1. The standard InChI is InChI=1S/C47H75F3O13/c1-12-32(41(53)57-25-47(48,49)50)34-17-16-26(5)39(59-34)30(9)37(51)29(8)38(52)33(13-2)40-27(6)24-28(7)45(61-40)21-19-36(60-42(54)56-15-4)46(63-45)23-22-43(11,62-46)35-18-20-44(55,14-3)31(10)58-35/h19,21,26-37,39-40,51,55H,12-18,20,22-25H2,1-11H3/t26-,27-,28+,29-,30-,31-,32+,33-,34+,35+,36+,37+,39+,40-,43-,44+,45-,46-/m0/s1. The second-order valence-corrected chi connectivity index (χ2v) is 19.6. The lowest BCUT2D eigenvalue weighted by Crippen LogP contribution is -2.63. The van der Waals surface area contributed by atoms with Crippen molar-refractivity contribution in [3.05, 3.63) is 12.2 Å². The van der Waals surface area contributed by atoms with E-state index in [4.69, 9.17) is 33.2 Å². The highest BCUT2D eigenvalue weighted by atomic mass is 19.4. The Morgan fingerprint density at radius 1 is 0.873 bits per heavy atom. The molecule has 5 heterocycles. The van der Waals surface area contributed by atoms with Gasteiger partial charge in [-0.3, -0.25) is 9.59 Å². The molecule has 16 heteroatoms. The third-order valence-corrected chi connectivity index (χ3v) is 15.3. The number of esters is 1. The normalized spacial score (nSPS) is 40.8. The van der Waals surface area contributed by atoms with Gasteiger partial charge in [0, 0.05) is 30.1 Å². The van der Waals surface area contributed by atoms with Crippen LogP contribution in [0.15, 0.2) is 12.2 Å². The summed E-state index contributed by atoms with van der Waals surface area (Å²) >= 11 is 0. The van der Waals surface area contributed by atoms with E-state index in [1.165, 1.54) is 0 Å². The number of carbonyl (C=O) groups is 3. The van der Waals surface area contributed by atoms with Crippen molar-refractivity contribution in [2.24, 2.45) is 41.4 Å². The Morgan fingerprint density at radius 2 is 1.56 bits per heavy atom. The lowest BCUT2D eigenvalue weighted by atomic mass is 9.72. The van der Waals surface area contributed by atoms with Gasteiger partial charge in [-0.25, -0.2) is 4.79 Å². The maximum Gasteiger partial charge on any atom is 0.509 e. The largest absolute Gasteiger partial charge is 0.509 e. The first kappa shape index (κ1) is 51.6. The number of alkyl halides is 3. The van der Waals surface area contributed by atoms with Crippen molar-refractivity contribution in [3.8, 4) is 0 Å². The van der Waals surface area contributed by atoms with Crippen LogP contribution in [0.4, 0.5) is 18.0 Å². The first-order valence-electron chi connectivity index (χ1n) is 23.5. The summed E-state index contributed by atoms with van der Waals surface area (Å²) in [6.07, 6.45) is -2.23. The van der Waals surface area contributed by atoms with E-state index in [0.29, 0.717) is 57.8 Å². The zero-order valence-corrected chi connectivity index (χ0v) is 39.2. The number of Topliss-reactive ketones (excluding diaryl/α,β-unsaturated/α-hetero) is 1. The molecule has 0 radical (unpaired) electrons. The van der Waals surface area contributed by atoms with Crippen LogP contribution < -0.4 is 0 Å². The van der Waals surface area contributed by atoms with Crippen LogP contribution in [-0.4, -0.2) is 113 Å². The first-order chi connectivity index (χ1) is 29.4. The van der Waals surface area contributed by atoms with Crippen LogP contribution in [0, 0.1) is 41.4 Å². The number of rotatable bonds is 15. The van der Waals surface area contributed by atoms with Crippen LogP contribution in [0.1, 0.15) is 140 Å². The minimum atomic E-state index is -4.65. The summed E-state index contributed by atoms with van der Waals surface area (Å²) < 4.78 is 88.2. The molecule has 0 saturated carbocycles. The van der Waals surface area contributed by atoms with Gasteiger partial charge in [-0.1, -0.05) is 55.4 Å². The van der Waals surface area contributed by atoms with E-state index in [0.717, 1.165) is 0 Å². The number of aliphatic hydroxyl groups is 2. The Balaban J connectivity index is 1.35. The van der Waals surface area contributed by atoms with Crippen molar-refractivity contribution in [3.63, 3.8) is 0 Å². The molecule has 0 amide bonds. The molecule has 362 valence electrons. The number of halogens is 3. The summed E-state index contributed by atoms with van der Waals surface area (Å²) in [7, 11) is 0. The second kappa shape index (κ2) is 20.3. The Morgan fingerprint density at radius 3 is 2.16 bits per heavy atom. The Kier molecular flexibility index (Phi) is 16.6. The van der Waals surface area contributed by atoms with Gasteiger partial charge in [0.25, 0.3) is 0 Å². The molecule has 0 bridgehead atoms. The molecule has 5 rings (SSSR count). The van der Waals surface area contributed by atoms with E-state index in [1.54, 1.807) is 39.8 Å². The SMILES string of the molecule is CCOC(=O)O[C@@H]1C=C[C@]2(O[C@H]([C@@H](CC)C(=O)[C@@H](C)[C@@H](O)[C@H](C)[C@@H]3O[C@@H]([C@@H](CC)C(=O)OCC(F)(F)F)CC[C@@H]3C)[C@@H](C)C[C@H]2C)O[C@@]12CC[C@@](C)([C@H]1CC[C@](O)(CC)[C@H](C)O1)O2. The summed E-state index contributed by atoms with van der Waals surface area (Å²) in [5.74, 6) is -7.44. The molecule has 4 saturated heterocycles.